The summed E-state index contributed by atoms with van der Waals surface area (Å²) in [5, 5.41) is 5.38. The minimum atomic E-state index is -5.77. The van der Waals surface area contributed by atoms with E-state index >= 15 is 0 Å². The highest BCUT2D eigenvalue weighted by molar-refractivity contribution is 6.04. The minimum Gasteiger partial charge on any atom is -0.322 e. The van der Waals surface area contributed by atoms with Gasteiger partial charge in [-0.1, -0.05) is 6.07 Å². The first kappa shape index (κ1) is 22.0. The largest absolute Gasteiger partial charge is 0.458 e. The maximum atomic E-state index is 14.1. The summed E-state index contributed by atoms with van der Waals surface area (Å²) in [5.41, 5.74) is -1.87. The minimum absolute atomic E-state index is 0.0323. The average Bonchev–Trinajstić information content (AvgIpc) is 2.68. The zero-order chi connectivity index (χ0) is 21.9. The molecule has 1 aromatic heterocycles. The van der Waals surface area contributed by atoms with Crippen molar-refractivity contribution in [1.82, 2.24) is 15.2 Å². The third-order valence-electron chi connectivity index (χ3n) is 4.66. The van der Waals surface area contributed by atoms with E-state index in [4.69, 9.17) is 0 Å². The molecule has 1 amide bonds. The number of piperazine rings is 1. The van der Waals surface area contributed by atoms with E-state index < -0.39 is 29.5 Å². The van der Waals surface area contributed by atoms with E-state index in [0.717, 1.165) is 18.3 Å². The smallest absolute Gasteiger partial charge is 0.322 e. The number of aromatic nitrogens is 1. The van der Waals surface area contributed by atoms with Gasteiger partial charge < -0.3 is 10.6 Å². The molecule has 0 atom stereocenters. The molecule has 0 saturated carbocycles. The highest BCUT2D eigenvalue weighted by atomic mass is 19.4. The lowest BCUT2D eigenvalue weighted by atomic mass is 9.99. The standard InChI is InChI=1S/C19H18F6N4O/c20-16-14(2-1-5-27-16)17(30)28-13-3-4-15(18(21,22)19(23,24)25)12(10-13)11-29-8-6-26-7-9-29/h1-5,10,26H,6-9,11H2,(H,28,30). The van der Waals surface area contributed by atoms with Gasteiger partial charge in [-0.3, -0.25) is 9.69 Å². The quantitative estimate of drug-likeness (QED) is 0.561. The fourth-order valence-corrected chi connectivity index (χ4v) is 3.13. The van der Waals surface area contributed by atoms with Gasteiger partial charge in [-0.2, -0.15) is 26.3 Å². The van der Waals surface area contributed by atoms with Crippen LogP contribution in [-0.2, 0) is 12.5 Å². The summed E-state index contributed by atoms with van der Waals surface area (Å²) >= 11 is 0. The molecular formula is C19H18F6N4O. The molecule has 2 N–H and O–H groups in total. The van der Waals surface area contributed by atoms with E-state index in [1.807, 2.05) is 0 Å². The lowest BCUT2D eigenvalue weighted by molar-refractivity contribution is -0.289. The number of amides is 1. The Bertz CT molecular complexity index is 912. The number of carbonyl (C=O) groups excluding carboxylic acids is 1. The highest BCUT2D eigenvalue weighted by Gasteiger charge is 2.59. The molecule has 1 fully saturated rings. The van der Waals surface area contributed by atoms with E-state index in [1.165, 1.54) is 12.1 Å². The second-order valence-electron chi connectivity index (χ2n) is 6.77. The van der Waals surface area contributed by atoms with Crippen molar-refractivity contribution in [1.29, 1.82) is 0 Å². The molecule has 1 saturated heterocycles. The molecule has 1 aliphatic heterocycles. The molecule has 30 heavy (non-hydrogen) atoms. The summed E-state index contributed by atoms with van der Waals surface area (Å²) in [6.07, 6.45) is -4.62. The number of hydrogen-bond acceptors (Lipinski definition) is 4. The summed E-state index contributed by atoms with van der Waals surface area (Å²) in [7, 11) is 0. The van der Waals surface area contributed by atoms with Crippen LogP contribution in [-0.4, -0.2) is 48.1 Å². The van der Waals surface area contributed by atoms with Crippen molar-refractivity contribution in [2.75, 3.05) is 31.5 Å². The van der Waals surface area contributed by atoms with Crippen molar-refractivity contribution in [3.63, 3.8) is 0 Å². The van der Waals surface area contributed by atoms with Gasteiger partial charge in [0.15, 0.2) is 0 Å². The number of carbonyl (C=O) groups is 1. The number of hydrogen-bond donors (Lipinski definition) is 2. The van der Waals surface area contributed by atoms with Gasteiger partial charge in [-0.05, 0) is 29.8 Å². The summed E-state index contributed by atoms with van der Waals surface area (Å²) in [4.78, 5) is 17.3. The monoisotopic (exact) mass is 432 g/mol. The number of nitrogens with zero attached hydrogens (tertiary/aromatic N) is 2. The Morgan fingerprint density at radius 2 is 1.83 bits per heavy atom. The van der Waals surface area contributed by atoms with Crippen molar-refractivity contribution in [2.45, 2.75) is 18.6 Å². The maximum absolute atomic E-state index is 14.1. The Hall–Kier alpha value is -2.66. The van der Waals surface area contributed by atoms with Crippen LogP contribution in [0.1, 0.15) is 21.5 Å². The van der Waals surface area contributed by atoms with Crippen LogP contribution in [0.25, 0.3) is 0 Å². The van der Waals surface area contributed by atoms with Crippen molar-refractivity contribution in [3.05, 3.63) is 59.2 Å². The lowest BCUT2D eigenvalue weighted by Gasteiger charge is -2.30. The normalized spacial score (nSPS) is 15.8. The van der Waals surface area contributed by atoms with Gasteiger partial charge >= 0.3 is 12.1 Å². The van der Waals surface area contributed by atoms with Gasteiger partial charge in [0.25, 0.3) is 5.91 Å². The first-order valence-corrected chi connectivity index (χ1v) is 9.02. The van der Waals surface area contributed by atoms with Crippen LogP contribution in [0.15, 0.2) is 36.5 Å². The third kappa shape index (κ3) is 4.73. The maximum Gasteiger partial charge on any atom is 0.458 e. The fraction of sp³-hybridized carbons (Fsp3) is 0.368. The van der Waals surface area contributed by atoms with Gasteiger partial charge in [0.05, 0.1) is 5.56 Å². The molecule has 11 heteroatoms. The molecule has 2 heterocycles. The number of rotatable bonds is 5. The molecular weight excluding hydrogens is 414 g/mol. The number of halogens is 6. The fourth-order valence-electron chi connectivity index (χ4n) is 3.13. The molecule has 0 aliphatic carbocycles. The van der Waals surface area contributed by atoms with Crippen molar-refractivity contribution in [2.24, 2.45) is 0 Å². The molecule has 0 radical (unpaired) electrons. The van der Waals surface area contributed by atoms with E-state index in [2.05, 4.69) is 15.6 Å². The Morgan fingerprint density at radius 1 is 1.13 bits per heavy atom. The Kier molecular flexibility index (Phi) is 6.32. The SMILES string of the molecule is O=C(Nc1ccc(C(F)(F)C(F)(F)F)c(CN2CCNCC2)c1)c1cccnc1F. The molecule has 0 spiro atoms. The van der Waals surface area contributed by atoms with Crippen LogP contribution in [0.4, 0.5) is 32.0 Å². The van der Waals surface area contributed by atoms with Crippen LogP contribution in [0.2, 0.25) is 0 Å². The average molecular weight is 432 g/mol. The number of anilines is 1. The summed E-state index contributed by atoms with van der Waals surface area (Å²) in [6.45, 7) is 1.92. The molecule has 2 aromatic rings. The number of nitrogens with one attached hydrogen (secondary N) is 2. The second-order valence-corrected chi connectivity index (χ2v) is 6.77. The van der Waals surface area contributed by atoms with E-state index in [1.54, 1.807) is 4.90 Å². The van der Waals surface area contributed by atoms with Crippen LogP contribution in [0.5, 0.6) is 0 Å². The van der Waals surface area contributed by atoms with Crippen LogP contribution in [0, 0.1) is 5.95 Å². The van der Waals surface area contributed by atoms with Gasteiger partial charge in [0.1, 0.15) is 0 Å². The predicted octanol–water partition coefficient (Wildman–Crippen LogP) is 3.53. The van der Waals surface area contributed by atoms with Crippen molar-refractivity contribution < 1.29 is 31.1 Å². The van der Waals surface area contributed by atoms with Gasteiger partial charge in [-0.25, -0.2) is 4.98 Å². The number of alkyl halides is 5. The first-order chi connectivity index (χ1) is 14.1. The molecule has 162 valence electrons. The second kappa shape index (κ2) is 8.60. The Balaban J connectivity index is 1.93. The number of benzene rings is 1. The van der Waals surface area contributed by atoms with E-state index in [-0.39, 0.29) is 23.4 Å². The topological polar surface area (TPSA) is 57.3 Å². The molecule has 1 aromatic carbocycles. The summed E-state index contributed by atoms with van der Waals surface area (Å²) in [6, 6.07) is 5.14. The van der Waals surface area contributed by atoms with Crippen molar-refractivity contribution in [3.8, 4) is 0 Å². The molecule has 0 unspecified atom stereocenters. The highest BCUT2D eigenvalue weighted by Crippen LogP contribution is 2.45. The Labute approximate surface area is 168 Å². The van der Waals surface area contributed by atoms with Gasteiger partial charge in [-0.15, -0.1) is 0 Å². The molecule has 3 rings (SSSR count). The van der Waals surface area contributed by atoms with Crippen LogP contribution >= 0.6 is 0 Å². The van der Waals surface area contributed by atoms with Crippen molar-refractivity contribution >= 4 is 11.6 Å². The first-order valence-electron chi connectivity index (χ1n) is 9.02. The Morgan fingerprint density at radius 3 is 2.47 bits per heavy atom. The summed E-state index contributed by atoms with van der Waals surface area (Å²) < 4.78 is 80.7. The summed E-state index contributed by atoms with van der Waals surface area (Å²) in [5.74, 6) is -6.99. The molecule has 0 bridgehead atoms. The van der Waals surface area contributed by atoms with Gasteiger partial charge in [0, 0.05) is 50.2 Å². The lowest BCUT2D eigenvalue weighted by Crippen LogP contribution is -2.43. The zero-order valence-corrected chi connectivity index (χ0v) is 15.6. The molecule has 1 aliphatic rings. The third-order valence-corrected chi connectivity index (χ3v) is 4.66. The van der Waals surface area contributed by atoms with Crippen LogP contribution in [0.3, 0.4) is 0 Å². The van der Waals surface area contributed by atoms with E-state index in [0.29, 0.717) is 32.2 Å². The molecule has 5 nitrogen and oxygen atoms in total. The van der Waals surface area contributed by atoms with Gasteiger partial charge in [0.2, 0.25) is 5.95 Å². The van der Waals surface area contributed by atoms with E-state index in [9.17, 15) is 31.1 Å². The van der Waals surface area contributed by atoms with Crippen LogP contribution < -0.4 is 10.6 Å². The predicted molar refractivity (Wildman–Crippen MR) is 96.7 cm³/mol. The number of pyridine rings is 1. The zero-order valence-electron chi connectivity index (χ0n) is 15.6.